The highest BCUT2D eigenvalue weighted by Gasteiger charge is 2.31. The first-order valence-electron chi connectivity index (χ1n) is 9.70. The van der Waals surface area contributed by atoms with Crippen molar-refractivity contribution in [3.8, 4) is 0 Å². The van der Waals surface area contributed by atoms with Gasteiger partial charge < -0.3 is 10.6 Å². The lowest BCUT2D eigenvalue weighted by molar-refractivity contribution is 0.108. The van der Waals surface area contributed by atoms with Gasteiger partial charge in [-0.1, -0.05) is 37.6 Å². The first kappa shape index (κ1) is 17.8. The van der Waals surface area contributed by atoms with Gasteiger partial charge in [0.05, 0.1) is 12.2 Å². The molecule has 2 unspecified atom stereocenters. The lowest BCUT2D eigenvalue weighted by Gasteiger charge is -2.41. The lowest BCUT2D eigenvalue weighted by Crippen LogP contribution is -2.53. The molecule has 140 valence electrons. The molecule has 0 radical (unpaired) electrons. The van der Waals surface area contributed by atoms with E-state index < -0.39 is 0 Å². The van der Waals surface area contributed by atoms with Crippen LogP contribution in [0.15, 0.2) is 55.0 Å². The Balaban J connectivity index is 1.64. The molecule has 1 aromatic carbocycles. The molecule has 1 aliphatic rings. The van der Waals surface area contributed by atoms with Crippen molar-refractivity contribution in [2.45, 2.75) is 32.0 Å². The van der Waals surface area contributed by atoms with E-state index in [0.717, 1.165) is 49.5 Å². The first-order chi connectivity index (χ1) is 13.4. The van der Waals surface area contributed by atoms with E-state index in [1.165, 1.54) is 5.39 Å². The van der Waals surface area contributed by atoms with Crippen molar-refractivity contribution in [1.29, 1.82) is 0 Å². The summed E-state index contributed by atoms with van der Waals surface area (Å²) in [6.07, 6.45) is 7.84. The third kappa shape index (κ3) is 3.91. The minimum atomic E-state index is 0.152. The van der Waals surface area contributed by atoms with Crippen molar-refractivity contribution in [2.24, 2.45) is 0 Å². The summed E-state index contributed by atoms with van der Waals surface area (Å²) in [4.78, 5) is 16.2. The first-order valence-corrected chi connectivity index (χ1v) is 9.70. The minimum Gasteiger partial charge on any atom is -0.354 e. The lowest BCUT2D eigenvalue weighted by atomic mass is 10.1. The van der Waals surface area contributed by atoms with Gasteiger partial charge in [-0.15, -0.1) is 0 Å². The van der Waals surface area contributed by atoms with E-state index in [9.17, 15) is 0 Å². The molecule has 2 N–H and O–H groups in total. The Morgan fingerprint density at radius 3 is 2.81 bits per heavy atom. The highest BCUT2D eigenvalue weighted by atomic mass is 15.3. The molecule has 0 bridgehead atoms. The summed E-state index contributed by atoms with van der Waals surface area (Å²) in [5, 5.41) is 9.57. The van der Waals surface area contributed by atoms with Gasteiger partial charge in [-0.2, -0.15) is 0 Å². The third-order valence-electron chi connectivity index (χ3n) is 5.11. The predicted octanol–water partition coefficient (Wildman–Crippen LogP) is 3.21. The van der Waals surface area contributed by atoms with Gasteiger partial charge >= 0.3 is 0 Å². The largest absolute Gasteiger partial charge is 0.354 e. The minimum absolute atomic E-state index is 0.152. The van der Waals surface area contributed by atoms with Crippen LogP contribution < -0.4 is 10.6 Å². The van der Waals surface area contributed by atoms with E-state index >= 15 is 0 Å². The van der Waals surface area contributed by atoms with E-state index in [-0.39, 0.29) is 12.2 Å². The zero-order valence-electron chi connectivity index (χ0n) is 15.7. The Morgan fingerprint density at radius 1 is 1.11 bits per heavy atom. The number of nitrogens with one attached hydrogen (secondary N) is 2. The molecule has 0 spiro atoms. The zero-order valence-corrected chi connectivity index (χ0v) is 15.7. The van der Waals surface area contributed by atoms with Crippen LogP contribution in [-0.4, -0.2) is 45.7 Å². The molecule has 2 atom stereocenters. The summed E-state index contributed by atoms with van der Waals surface area (Å²) in [6, 6.07) is 12.5. The normalized spacial score (nSPS) is 19.1. The molecule has 3 aromatic rings. The van der Waals surface area contributed by atoms with Gasteiger partial charge in [0.1, 0.15) is 11.6 Å². The van der Waals surface area contributed by atoms with Crippen LogP contribution in [0.1, 0.15) is 31.6 Å². The second-order valence-corrected chi connectivity index (χ2v) is 6.89. The molecular formula is C21H26N6. The summed E-state index contributed by atoms with van der Waals surface area (Å²) < 4.78 is 0. The van der Waals surface area contributed by atoms with Gasteiger partial charge in [-0.25, -0.2) is 15.0 Å². The fourth-order valence-corrected chi connectivity index (χ4v) is 3.80. The summed E-state index contributed by atoms with van der Waals surface area (Å²) in [7, 11) is 0. The Labute approximate surface area is 160 Å². The second kappa shape index (κ2) is 8.41. The maximum atomic E-state index is 4.64. The molecule has 6 nitrogen and oxygen atoms in total. The smallest absolute Gasteiger partial charge is 0.146 e. The molecule has 27 heavy (non-hydrogen) atoms. The van der Waals surface area contributed by atoms with Crippen LogP contribution in [0.4, 0.5) is 5.82 Å². The summed E-state index contributed by atoms with van der Waals surface area (Å²) in [5.41, 5.74) is 0. The van der Waals surface area contributed by atoms with Gasteiger partial charge in [0, 0.05) is 43.6 Å². The van der Waals surface area contributed by atoms with Gasteiger partial charge in [-0.05, 0) is 23.9 Å². The van der Waals surface area contributed by atoms with Crippen LogP contribution in [0, 0.1) is 0 Å². The summed E-state index contributed by atoms with van der Waals surface area (Å²) in [5.74, 6) is 1.82. The van der Waals surface area contributed by atoms with Crippen LogP contribution in [0.3, 0.4) is 0 Å². The van der Waals surface area contributed by atoms with Crippen LogP contribution in [0.2, 0.25) is 0 Å². The Bertz CT molecular complexity index is 863. The molecule has 4 rings (SSSR count). The van der Waals surface area contributed by atoms with Crippen molar-refractivity contribution in [2.75, 3.05) is 25.0 Å². The quantitative estimate of drug-likeness (QED) is 0.702. The highest BCUT2D eigenvalue weighted by molar-refractivity contribution is 5.91. The van der Waals surface area contributed by atoms with Gasteiger partial charge in [0.2, 0.25) is 0 Å². The second-order valence-electron chi connectivity index (χ2n) is 6.89. The number of piperazine rings is 1. The topological polar surface area (TPSA) is 66.0 Å². The number of aromatic nitrogens is 3. The Kier molecular flexibility index (Phi) is 5.55. The average molecular weight is 362 g/mol. The van der Waals surface area contributed by atoms with Crippen molar-refractivity contribution in [3.05, 3.63) is 60.8 Å². The van der Waals surface area contributed by atoms with E-state index in [4.69, 9.17) is 0 Å². The van der Waals surface area contributed by atoms with Crippen molar-refractivity contribution < 1.29 is 0 Å². The fourth-order valence-electron chi connectivity index (χ4n) is 3.80. The van der Waals surface area contributed by atoms with E-state index in [1.54, 1.807) is 0 Å². The predicted molar refractivity (Wildman–Crippen MR) is 108 cm³/mol. The van der Waals surface area contributed by atoms with Gasteiger partial charge in [0.15, 0.2) is 0 Å². The SMILES string of the molecule is CCCC(Nc1nccc2ccccc12)N1CCNCC1c1ncccn1. The Morgan fingerprint density at radius 2 is 1.96 bits per heavy atom. The molecule has 0 amide bonds. The molecule has 1 aliphatic heterocycles. The molecule has 6 heteroatoms. The molecule has 2 aromatic heterocycles. The van der Waals surface area contributed by atoms with Gasteiger partial charge in [0.25, 0.3) is 0 Å². The maximum absolute atomic E-state index is 4.64. The number of rotatable bonds is 6. The van der Waals surface area contributed by atoms with Crippen LogP contribution in [0.5, 0.6) is 0 Å². The third-order valence-corrected chi connectivity index (χ3v) is 5.11. The summed E-state index contributed by atoms with van der Waals surface area (Å²) >= 11 is 0. The number of nitrogens with zero attached hydrogens (tertiary/aromatic N) is 4. The van der Waals surface area contributed by atoms with Crippen molar-refractivity contribution in [1.82, 2.24) is 25.2 Å². The van der Waals surface area contributed by atoms with Crippen LogP contribution in [-0.2, 0) is 0 Å². The number of benzene rings is 1. The molecule has 3 heterocycles. The Hall–Kier alpha value is -2.57. The number of hydrogen-bond acceptors (Lipinski definition) is 6. The van der Waals surface area contributed by atoms with Crippen molar-refractivity contribution in [3.63, 3.8) is 0 Å². The molecule has 0 saturated carbocycles. The van der Waals surface area contributed by atoms with E-state index in [2.05, 4.69) is 67.7 Å². The van der Waals surface area contributed by atoms with E-state index in [1.807, 2.05) is 24.7 Å². The van der Waals surface area contributed by atoms with Gasteiger partial charge in [-0.3, -0.25) is 4.90 Å². The number of hydrogen-bond donors (Lipinski definition) is 2. The standard InChI is InChI=1S/C21H26N6/c1-2-6-19(26-20-17-8-4-3-7-16(17)9-12-25-20)27-14-13-22-15-18(27)21-23-10-5-11-24-21/h3-5,7-12,18-19,22H,2,6,13-15H2,1H3,(H,25,26). The molecule has 0 aliphatic carbocycles. The molecule has 1 saturated heterocycles. The fraction of sp³-hybridized carbons (Fsp3) is 0.381. The summed E-state index contributed by atoms with van der Waals surface area (Å²) in [6.45, 7) is 5.00. The zero-order chi connectivity index (χ0) is 18.5. The molecular weight excluding hydrogens is 336 g/mol. The number of fused-ring (bicyclic) bond motifs is 1. The molecule has 1 fully saturated rings. The van der Waals surface area contributed by atoms with Crippen molar-refractivity contribution >= 4 is 16.6 Å². The van der Waals surface area contributed by atoms with Crippen LogP contribution in [0.25, 0.3) is 10.8 Å². The van der Waals surface area contributed by atoms with E-state index in [0.29, 0.717) is 0 Å². The maximum Gasteiger partial charge on any atom is 0.146 e. The average Bonchev–Trinajstić information content (AvgIpc) is 2.74. The highest BCUT2D eigenvalue weighted by Crippen LogP contribution is 2.27. The number of pyridine rings is 1. The van der Waals surface area contributed by atoms with Crippen LogP contribution >= 0.6 is 0 Å². The monoisotopic (exact) mass is 362 g/mol. The number of anilines is 1.